The van der Waals surface area contributed by atoms with Crippen LogP contribution in [0, 0.1) is 0 Å². The van der Waals surface area contributed by atoms with Gasteiger partial charge in [0, 0.05) is 25.6 Å². The predicted octanol–water partition coefficient (Wildman–Crippen LogP) is 5.59. The largest absolute Gasteiger partial charge is 0.868 e. The van der Waals surface area contributed by atoms with E-state index in [9.17, 15) is 14.4 Å². The van der Waals surface area contributed by atoms with E-state index in [1.807, 2.05) is 53.2 Å². The van der Waals surface area contributed by atoms with Crippen molar-refractivity contribution in [1.82, 2.24) is 0 Å². The average Bonchev–Trinajstić information content (AvgIpc) is 3.59. The molecule has 4 aromatic rings. The molecule has 32 heavy (non-hydrogen) atoms. The molecule has 0 N–H and O–H groups in total. The first-order valence-corrected chi connectivity index (χ1v) is 12.6. The molecular formula is C21H11BO6S4. The van der Waals surface area contributed by atoms with E-state index in [1.54, 1.807) is 28.7 Å². The van der Waals surface area contributed by atoms with E-state index in [-0.39, 0.29) is 11.5 Å². The van der Waals surface area contributed by atoms with Crippen molar-refractivity contribution in [3.8, 4) is 19.5 Å². The van der Waals surface area contributed by atoms with Crippen molar-refractivity contribution in [1.29, 1.82) is 0 Å². The van der Waals surface area contributed by atoms with Gasteiger partial charge in [-0.05, 0) is 47.2 Å². The lowest BCUT2D eigenvalue weighted by Gasteiger charge is -2.08. The highest BCUT2D eigenvalue weighted by atomic mass is 32.1. The molecule has 11 heteroatoms. The molecule has 0 saturated carbocycles. The highest BCUT2D eigenvalue weighted by Gasteiger charge is 2.46. The second kappa shape index (κ2) is 8.87. The maximum absolute atomic E-state index is 13.0. The fourth-order valence-corrected chi connectivity index (χ4v) is 6.39. The fraction of sp³-hybridized carbons (Fsp3) is 0. The molecule has 0 spiro atoms. The van der Waals surface area contributed by atoms with Crippen molar-refractivity contribution < 1.29 is 28.3 Å². The molecule has 1 aliphatic heterocycles. The van der Waals surface area contributed by atoms with Crippen LogP contribution in [-0.4, -0.2) is 25.0 Å². The van der Waals surface area contributed by atoms with E-state index in [4.69, 9.17) is 14.0 Å². The molecule has 1 aliphatic rings. The van der Waals surface area contributed by atoms with Crippen LogP contribution in [0.3, 0.4) is 0 Å². The number of hydrogen-bond acceptors (Lipinski definition) is 10. The molecule has 0 radical (unpaired) electrons. The summed E-state index contributed by atoms with van der Waals surface area (Å²) in [7, 11) is -1.54. The number of thiophene rings is 4. The summed E-state index contributed by atoms with van der Waals surface area (Å²) in [5.74, 6) is -2.38. The number of carbonyl (C=O) groups is 3. The molecule has 5 heterocycles. The maximum atomic E-state index is 13.0. The van der Waals surface area contributed by atoms with Gasteiger partial charge in [-0.3, -0.25) is 4.79 Å². The summed E-state index contributed by atoms with van der Waals surface area (Å²) in [4.78, 5) is 41.0. The zero-order valence-electron chi connectivity index (χ0n) is 16.0. The predicted molar refractivity (Wildman–Crippen MR) is 127 cm³/mol. The van der Waals surface area contributed by atoms with Gasteiger partial charge in [-0.2, -0.15) is 0 Å². The van der Waals surface area contributed by atoms with Gasteiger partial charge in [0.2, 0.25) is 0 Å². The highest BCUT2D eigenvalue weighted by Crippen LogP contribution is 2.36. The first-order valence-electron chi connectivity index (χ1n) is 9.19. The summed E-state index contributed by atoms with van der Waals surface area (Å²) in [6.45, 7) is 0. The number of carbonyl (C=O) groups excluding carboxylic acids is 3. The van der Waals surface area contributed by atoms with Crippen LogP contribution in [0.4, 0.5) is 0 Å². The van der Waals surface area contributed by atoms with E-state index >= 15 is 0 Å². The number of rotatable bonds is 7. The molecule has 158 valence electrons. The van der Waals surface area contributed by atoms with Gasteiger partial charge in [0.15, 0.2) is 5.78 Å². The lowest BCUT2D eigenvalue weighted by atomic mass is 10.2. The number of allylic oxidation sites excluding steroid dienone is 1. The molecular weight excluding hydrogens is 487 g/mol. The SMILES string of the molecule is O=C1OB(O/C(=C\C(=O)c2ccc(-c3cccs3)s2)c2ccc(-c3cccs3)s2)OC1=O. The standard InChI is InChI=1S/C21H11BO6S4/c23-12(14-5-7-18(31-14)16-3-1-9-29-16)11-13(26-22-27-20(24)21(25)28-22)15-6-8-19(32-15)17-4-2-10-30-17/h1-11H/b13-11-. The molecule has 1 fully saturated rings. The minimum Gasteiger partial charge on any atom is -0.488 e. The summed E-state index contributed by atoms with van der Waals surface area (Å²) in [6.07, 6.45) is 1.33. The third kappa shape index (κ3) is 4.33. The second-order valence-corrected chi connectivity index (χ2v) is 10.4. The summed E-state index contributed by atoms with van der Waals surface area (Å²) in [5, 5.41) is 3.96. The van der Waals surface area contributed by atoms with Crippen LogP contribution in [0.25, 0.3) is 25.3 Å². The second-order valence-electron chi connectivity index (χ2n) is 6.37. The minimum absolute atomic E-state index is 0.154. The molecule has 6 nitrogen and oxygen atoms in total. The number of hydrogen-bond donors (Lipinski definition) is 0. The molecule has 4 aromatic heterocycles. The van der Waals surface area contributed by atoms with E-state index in [0.717, 1.165) is 19.5 Å². The van der Waals surface area contributed by atoms with Gasteiger partial charge >= 0.3 is 19.3 Å². The Morgan fingerprint density at radius 1 is 0.781 bits per heavy atom. The normalized spacial score (nSPS) is 13.9. The van der Waals surface area contributed by atoms with Gasteiger partial charge in [-0.15, -0.1) is 45.3 Å². The van der Waals surface area contributed by atoms with Gasteiger partial charge in [0.25, 0.3) is 0 Å². The van der Waals surface area contributed by atoms with Gasteiger partial charge in [0.1, 0.15) is 5.76 Å². The van der Waals surface area contributed by atoms with Crippen molar-refractivity contribution in [2.45, 2.75) is 0 Å². The van der Waals surface area contributed by atoms with Gasteiger partial charge in [-0.25, -0.2) is 9.59 Å². The van der Waals surface area contributed by atoms with Crippen LogP contribution < -0.4 is 0 Å². The van der Waals surface area contributed by atoms with Crippen molar-refractivity contribution in [2.24, 2.45) is 0 Å². The Hall–Kier alpha value is -2.99. The molecule has 0 aromatic carbocycles. The maximum Gasteiger partial charge on any atom is 0.868 e. The zero-order chi connectivity index (χ0) is 22.1. The smallest absolute Gasteiger partial charge is 0.488 e. The van der Waals surface area contributed by atoms with E-state index in [0.29, 0.717) is 9.75 Å². The van der Waals surface area contributed by atoms with Crippen molar-refractivity contribution in [2.75, 3.05) is 0 Å². The lowest BCUT2D eigenvalue weighted by molar-refractivity contribution is -0.150. The topological polar surface area (TPSA) is 78.9 Å². The van der Waals surface area contributed by atoms with E-state index < -0.39 is 19.3 Å². The Bertz CT molecular complexity index is 1300. The molecule has 0 aliphatic carbocycles. The lowest BCUT2D eigenvalue weighted by Crippen LogP contribution is -2.19. The third-order valence-electron chi connectivity index (χ3n) is 4.28. The van der Waals surface area contributed by atoms with Crippen LogP contribution in [0.1, 0.15) is 14.5 Å². The summed E-state index contributed by atoms with van der Waals surface area (Å²) in [6, 6.07) is 15.3. The monoisotopic (exact) mass is 498 g/mol. The zero-order valence-corrected chi connectivity index (χ0v) is 19.3. The van der Waals surface area contributed by atoms with Crippen molar-refractivity contribution in [3.05, 3.63) is 75.1 Å². The van der Waals surface area contributed by atoms with Gasteiger partial charge in [-0.1, -0.05) is 12.1 Å². The first kappa shape index (κ1) is 20.9. The number of ketones is 1. The summed E-state index contributed by atoms with van der Waals surface area (Å²) >= 11 is 5.98. The molecule has 1 saturated heterocycles. The molecule has 0 bridgehead atoms. The quantitative estimate of drug-likeness (QED) is 0.109. The van der Waals surface area contributed by atoms with Crippen molar-refractivity contribution in [3.63, 3.8) is 0 Å². The van der Waals surface area contributed by atoms with Crippen LogP contribution in [0.2, 0.25) is 0 Å². The Morgan fingerprint density at radius 2 is 1.34 bits per heavy atom. The van der Waals surface area contributed by atoms with Crippen LogP contribution in [0.5, 0.6) is 0 Å². The van der Waals surface area contributed by atoms with Gasteiger partial charge < -0.3 is 14.0 Å². The van der Waals surface area contributed by atoms with Crippen LogP contribution >= 0.6 is 45.3 Å². The Labute approximate surface area is 198 Å². The van der Waals surface area contributed by atoms with E-state index in [1.165, 1.54) is 28.7 Å². The molecule has 0 unspecified atom stereocenters. The molecule has 0 atom stereocenters. The minimum atomic E-state index is -1.54. The molecule has 5 rings (SSSR count). The third-order valence-corrected chi connectivity index (χ3v) is 8.62. The molecule has 0 amide bonds. The van der Waals surface area contributed by atoms with Crippen LogP contribution in [0.15, 0.2) is 65.4 Å². The van der Waals surface area contributed by atoms with Gasteiger partial charge in [0.05, 0.1) is 9.75 Å². The summed E-state index contributed by atoms with van der Waals surface area (Å²) in [5.41, 5.74) is 0. The van der Waals surface area contributed by atoms with E-state index in [2.05, 4.69) is 0 Å². The van der Waals surface area contributed by atoms with Crippen molar-refractivity contribution >= 4 is 76.1 Å². The Balaban J connectivity index is 1.45. The highest BCUT2D eigenvalue weighted by molar-refractivity contribution is 7.23. The average molecular weight is 498 g/mol. The Kier molecular flexibility index (Phi) is 5.79. The Morgan fingerprint density at radius 3 is 1.91 bits per heavy atom. The fourth-order valence-electron chi connectivity index (χ4n) is 2.84. The first-order chi connectivity index (χ1) is 15.6. The summed E-state index contributed by atoms with van der Waals surface area (Å²) < 4.78 is 15.2. The van der Waals surface area contributed by atoms with Crippen LogP contribution in [-0.2, 0) is 23.6 Å².